The second-order valence-corrected chi connectivity index (χ2v) is 8.27. The van der Waals surface area contributed by atoms with Crippen molar-refractivity contribution in [2.45, 2.75) is 32.3 Å². The number of ether oxygens (including phenoxy) is 1. The minimum Gasteiger partial charge on any atom is -0.429 e. The van der Waals surface area contributed by atoms with Crippen LogP contribution in [-0.4, -0.2) is 6.61 Å². The molecule has 0 heterocycles. The normalized spacial score (nSPS) is 11.3. The lowest BCUT2D eigenvalue weighted by Crippen LogP contribution is -2.06. The summed E-state index contributed by atoms with van der Waals surface area (Å²) in [5.74, 6) is -3.96. The van der Waals surface area contributed by atoms with Gasteiger partial charge in [-0.15, -0.1) is 6.58 Å². The van der Waals surface area contributed by atoms with Crippen molar-refractivity contribution in [3.63, 3.8) is 0 Å². The van der Waals surface area contributed by atoms with E-state index in [2.05, 4.69) is 23.4 Å². The van der Waals surface area contributed by atoms with E-state index in [9.17, 15) is 17.6 Å². The fraction of sp³-hybridized carbons (Fsp3) is 0.172. The van der Waals surface area contributed by atoms with Crippen LogP contribution in [0.1, 0.15) is 23.1 Å². The first-order valence-electron chi connectivity index (χ1n) is 11.2. The van der Waals surface area contributed by atoms with E-state index in [-0.39, 0.29) is 18.4 Å². The van der Waals surface area contributed by atoms with Gasteiger partial charge in [0.05, 0.1) is 0 Å². The van der Waals surface area contributed by atoms with Crippen molar-refractivity contribution in [2.75, 3.05) is 0 Å². The Hall–Kier alpha value is -3.67. The molecular weight excluding hydrogens is 459 g/mol. The number of halogens is 5. The Morgan fingerprint density at radius 3 is 2.09 bits per heavy atom. The molecular formula is C29H23F5O. The number of alkyl halides is 2. The molecule has 0 aromatic heterocycles. The van der Waals surface area contributed by atoms with Crippen molar-refractivity contribution in [1.82, 2.24) is 0 Å². The van der Waals surface area contributed by atoms with Crippen LogP contribution in [0, 0.1) is 17.5 Å². The summed E-state index contributed by atoms with van der Waals surface area (Å²) in [6.07, 6.45) is 4.05. The minimum absolute atomic E-state index is 0.126. The molecule has 0 radical (unpaired) electrons. The van der Waals surface area contributed by atoms with Gasteiger partial charge >= 0.3 is 6.61 Å². The highest BCUT2D eigenvalue weighted by molar-refractivity contribution is 5.88. The number of aryl methyl sites for hydroxylation is 3. The first-order valence-corrected chi connectivity index (χ1v) is 11.2. The zero-order valence-electron chi connectivity index (χ0n) is 18.8. The van der Waals surface area contributed by atoms with E-state index < -0.39 is 29.8 Å². The van der Waals surface area contributed by atoms with Crippen LogP contribution in [0.2, 0.25) is 0 Å². The van der Waals surface area contributed by atoms with Gasteiger partial charge in [0.25, 0.3) is 0 Å². The van der Waals surface area contributed by atoms with E-state index in [0.29, 0.717) is 10.9 Å². The SMILES string of the molecule is C=CCCc1ccc(-c2ccc3c(F)c(CCc4cc(F)c(OC(F)F)c(F)c4)ccc3c2)cc1. The second kappa shape index (κ2) is 10.7. The Bertz CT molecular complexity index is 1320. The van der Waals surface area contributed by atoms with Crippen molar-refractivity contribution in [2.24, 2.45) is 0 Å². The van der Waals surface area contributed by atoms with E-state index in [1.165, 1.54) is 5.56 Å². The van der Waals surface area contributed by atoms with Gasteiger partial charge in [-0.2, -0.15) is 8.78 Å². The summed E-state index contributed by atoms with van der Waals surface area (Å²) in [5.41, 5.74) is 3.83. The van der Waals surface area contributed by atoms with Gasteiger partial charge in [-0.05, 0) is 77.1 Å². The lowest BCUT2D eigenvalue weighted by Gasteiger charge is -2.11. The third-order valence-corrected chi connectivity index (χ3v) is 5.91. The number of rotatable bonds is 9. The van der Waals surface area contributed by atoms with Crippen molar-refractivity contribution in [1.29, 1.82) is 0 Å². The summed E-state index contributed by atoms with van der Waals surface area (Å²) < 4.78 is 71.6. The summed E-state index contributed by atoms with van der Waals surface area (Å²) in [7, 11) is 0. The summed E-state index contributed by atoms with van der Waals surface area (Å²) in [6.45, 7) is 0.406. The summed E-state index contributed by atoms with van der Waals surface area (Å²) in [6, 6.07) is 19.1. The van der Waals surface area contributed by atoms with Gasteiger partial charge in [0, 0.05) is 5.39 Å². The van der Waals surface area contributed by atoms with E-state index in [4.69, 9.17) is 0 Å². The van der Waals surface area contributed by atoms with Crippen LogP contribution in [-0.2, 0) is 19.3 Å². The second-order valence-electron chi connectivity index (χ2n) is 8.27. The van der Waals surface area contributed by atoms with E-state index in [1.54, 1.807) is 12.1 Å². The van der Waals surface area contributed by atoms with E-state index >= 15 is 4.39 Å². The fourth-order valence-electron chi connectivity index (χ4n) is 4.08. The molecule has 4 rings (SSSR count). The Balaban J connectivity index is 1.51. The van der Waals surface area contributed by atoms with Crippen LogP contribution in [0.25, 0.3) is 21.9 Å². The summed E-state index contributed by atoms with van der Waals surface area (Å²) in [4.78, 5) is 0. The van der Waals surface area contributed by atoms with Crippen LogP contribution in [0.4, 0.5) is 22.0 Å². The standard InChI is InChI=1S/C29H23F5O/c1-2-3-4-18-5-8-20(9-6-18)22-13-14-24-23(17-22)12-11-21(27(24)32)10-7-19-15-25(30)28(26(31)16-19)35-29(33)34/h2,5-6,8-9,11-17,29H,1,3-4,7,10H2. The maximum atomic E-state index is 15.2. The highest BCUT2D eigenvalue weighted by atomic mass is 19.3. The largest absolute Gasteiger partial charge is 0.429 e. The molecule has 0 aliphatic heterocycles. The average Bonchev–Trinajstić information content (AvgIpc) is 2.84. The van der Waals surface area contributed by atoms with Gasteiger partial charge in [0.1, 0.15) is 5.82 Å². The smallest absolute Gasteiger partial charge is 0.387 e. The van der Waals surface area contributed by atoms with Gasteiger partial charge in [-0.3, -0.25) is 0 Å². The quantitative estimate of drug-likeness (QED) is 0.172. The van der Waals surface area contributed by atoms with Crippen molar-refractivity contribution < 1.29 is 26.7 Å². The molecule has 4 aromatic rings. The lowest BCUT2D eigenvalue weighted by molar-refractivity contribution is -0.0546. The first-order chi connectivity index (χ1) is 16.9. The number of fused-ring (bicyclic) bond motifs is 1. The van der Waals surface area contributed by atoms with Crippen LogP contribution in [0.3, 0.4) is 0 Å². The topological polar surface area (TPSA) is 9.23 Å². The molecule has 4 aromatic carbocycles. The number of hydrogen-bond acceptors (Lipinski definition) is 1. The average molecular weight is 482 g/mol. The molecule has 6 heteroatoms. The number of benzene rings is 4. The molecule has 0 fully saturated rings. The molecule has 0 saturated carbocycles. The molecule has 0 amide bonds. The van der Waals surface area contributed by atoms with Crippen LogP contribution < -0.4 is 4.74 Å². The molecule has 0 N–H and O–H groups in total. The zero-order chi connectivity index (χ0) is 24.9. The predicted octanol–water partition coefficient (Wildman–Crippen LogP) is 8.43. The Morgan fingerprint density at radius 1 is 0.743 bits per heavy atom. The van der Waals surface area contributed by atoms with Gasteiger partial charge in [0.15, 0.2) is 17.4 Å². The Kier molecular flexibility index (Phi) is 7.49. The van der Waals surface area contributed by atoms with Gasteiger partial charge < -0.3 is 4.74 Å². The lowest BCUT2D eigenvalue weighted by atomic mass is 9.96. The Labute approximate surface area is 200 Å². The zero-order valence-corrected chi connectivity index (χ0v) is 18.8. The molecule has 180 valence electrons. The van der Waals surface area contributed by atoms with Crippen LogP contribution in [0.5, 0.6) is 5.75 Å². The highest BCUT2D eigenvalue weighted by Gasteiger charge is 2.17. The van der Waals surface area contributed by atoms with Crippen LogP contribution >= 0.6 is 0 Å². The van der Waals surface area contributed by atoms with E-state index in [0.717, 1.165) is 41.5 Å². The molecule has 0 aliphatic rings. The monoisotopic (exact) mass is 482 g/mol. The highest BCUT2D eigenvalue weighted by Crippen LogP contribution is 2.29. The molecule has 0 aliphatic carbocycles. The van der Waals surface area contributed by atoms with Crippen molar-refractivity contribution in [3.8, 4) is 16.9 Å². The molecule has 0 saturated heterocycles. The third-order valence-electron chi connectivity index (χ3n) is 5.91. The summed E-state index contributed by atoms with van der Waals surface area (Å²) in [5, 5.41) is 1.19. The molecule has 35 heavy (non-hydrogen) atoms. The molecule has 1 nitrogen and oxygen atoms in total. The van der Waals surface area contributed by atoms with E-state index in [1.807, 2.05) is 36.4 Å². The fourth-order valence-corrected chi connectivity index (χ4v) is 4.08. The summed E-state index contributed by atoms with van der Waals surface area (Å²) >= 11 is 0. The molecule has 0 unspecified atom stereocenters. The third kappa shape index (κ3) is 5.70. The minimum atomic E-state index is -3.33. The van der Waals surface area contributed by atoms with Gasteiger partial charge in [0.2, 0.25) is 0 Å². The van der Waals surface area contributed by atoms with Crippen LogP contribution in [0.15, 0.2) is 79.4 Å². The molecule has 0 atom stereocenters. The van der Waals surface area contributed by atoms with Gasteiger partial charge in [-0.1, -0.05) is 54.6 Å². The molecule has 0 bridgehead atoms. The van der Waals surface area contributed by atoms with Crippen molar-refractivity contribution >= 4 is 10.8 Å². The molecule has 0 spiro atoms. The first kappa shape index (κ1) is 24.5. The number of allylic oxidation sites excluding steroid dienone is 1. The number of hydrogen-bond donors (Lipinski definition) is 0. The van der Waals surface area contributed by atoms with Crippen molar-refractivity contribution in [3.05, 3.63) is 114 Å². The maximum Gasteiger partial charge on any atom is 0.387 e. The Morgan fingerprint density at radius 2 is 1.43 bits per heavy atom. The maximum absolute atomic E-state index is 15.2. The predicted molar refractivity (Wildman–Crippen MR) is 128 cm³/mol. The van der Waals surface area contributed by atoms with Gasteiger partial charge in [-0.25, -0.2) is 13.2 Å².